The highest BCUT2D eigenvalue weighted by atomic mass is 16.5. The molecule has 116 valence electrons. The topological polar surface area (TPSA) is 27.7 Å². The molecule has 0 aromatic heterocycles. The van der Waals surface area contributed by atoms with Crippen LogP contribution in [0.5, 0.6) is 0 Å². The summed E-state index contributed by atoms with van der Waals surface area (Å²) in [5.41, 5.74) is 0. The summed E-state index contributed by atoms with van der Waals surface area (Å²) in [5, 5.41) is 3.46. The first-order valence-corrected chi connectivity index (χ1v) is 7.79. The van der Waals surface area contributed by atoms with Gasteiger partial charge in [0.15, 0.2) is 0 Å². The highest BCUT2D eigenvalue weighted by Gasteiger charge is 2.11. The predicted molar refractivity (Wildman–Crippen MR) is 83.9 cm³/mol. The maximum Gasteiger partial charge on any atom is 0.0590 e. The quantitative estimate of drug-likeness (QED) is 0.517. The lowest BCUT2D eigenvalue weighted by Crippen LogP contribution is -2.43. The number of nitrogens with zero attached hydrogens (tertiary/aromatic N) is 2. The van der Waals surface area contributed by atoms with Gasteiger partial charge in [-0.25, -0.2) is 0 Å². The summed E-state index contributed by atoms with van der Waals surface area (Å²) in [4.78, 5) is 4.77. The maximum atomic E-state index is 5.52. The molecule has 0 bridgehead atoms. The van der Waals surface area contributed by atoms with Crippen LogP contribution >= 0.6 is 0 Å². The molecule has 0 saturated carbocycles. The predicted octanol–water partition coefficient (Wildman–Crippen LogP) is 1.66. The average Bonchev–Trinajstić information content (AvgIpc) is 2.36. The molecule has 0 heterocycles. The number of hydrogen-bond donors (Lipinski definition) is 1. The number of nitrogens with one attached hydrogen (secondary N) is 1. The summed E-state index contributed by atoms with van der Waals surface area (Å²) in [7, 11) is 4.27. The smallest absolute Gasteiger partial charge is 0.0590 e. The summed E-state index contributed by atoms with van der Waals surface area (Å²) in [6.07, 6.45) is 2.38. The fourth-order valence-electron chi connectivity index (χ4n) is 2.17. The fraction of sp³-hybridized carbons (Fsp3) is 1.00. The van der Waals surface area contributed by atoms with E-state index in [1.807, 2.05) is 0 Å². The first kappa shape index (κ1) is 18.8. The molecule has 1 N–H and O–H groups in total. The molecule has 0 fully saturated rings. The van der Waals surface area contributed by atoms with Crippen LogP contribution in [0.4, 0.5) is 0 Å². The van der Waals surface area contributed by atoms with Crippen molar-refractivity contribution in [2.24, 2.45) is 0 Å². The van der Waals surface area contributed by atoms with Crippen LogP contribution in [0.25, 0.3) is 0 Å². The van der Waals surface area contributed by atoms with E-state index in [9.17, 15) is 0 Å². The first-order chi connectivity index (χ1) is 9.11. The van der Waals surface area contributed by atoms with Crippen molar-refractivity contribution >= 4 is 0 Å². The molecule has 0 spiro atoms. The Hall–Kier alpha value is -0.160. The highest BCUT2D eigenvalue weighted by molar-refractivity contribution is 4.69. The lowest BCUT2D eigenvalue weighted by Gasteiger charge is -2.30. The van der Waals surface area contributed by atoms with Crippen LogP contribution in [-0.4, -0.2) is 75.9 Å². The molecule has 0 aromatic rings. The fourth-order valence-corrected chi connectivity index (χ4v) is 2.17. The van der Waals surface area contributed by atoms with Crippen molar-refractivity contribution in [3.8, 4) is 0 Å². The molecule has 0 saturated heterocycles. The lowest BCUT2D eigenvalue weighted by molar-refractivity contribution is 0.130. The van der Waals surface area contributed by atoms with Gasteiger partial charge in [-0.3, -0.25) is 4.90 Å². The van der Waals surface area contributed by atoms with Gasteiger partial charge in [-0.15, -0.1) is 0 Å². The minimum Gasteiger partial charge on any atom is -0.380 e. The molecule has 19 heavy (non-hydrogen) atoms. The van der Waals surface area contributed by atoms with Crippen molar-refractivity contribution in [1.29, 1.82) is 0 Å². The Morgan fingerprint density at radius 1 is 1.11 bits per heavy atom. The first-order valence-electron chi connectivity index (χ1n) is 7.79. The second-order valence-electron chi connectivity index (χ2n) is 5.46. The molecule has 4 heteroatoms. The number of unbranched alkanes of at least 4 members (excludes halogenated alkanes) is 1. The molecule has 0 radical (unpaired) electrons. The van der Waals surface area contributed by atoms with Crippen molar-refractivity contribution in [3.05, 3.63) is 0 Å². The number of likely N-dealkylation sites (N-methyl/N-ethyl adjacent to an activating group) is 2. The molecule has 1 unspecified atom stereocenters. The van der Waals surface area contributed by atoms with E-state index in [0.29, 0.717) is 6.04 Å². The number of hydrogen-bond acceptors (Lipinski definition) is 4. The van der Waals surface area contributed by atoms with Crippen molar-refractivity contribution in [2.45, 2.75) is 39.7 Å². The number of rotatable bonds is 13. The van der Waals surface area contributed by atoms with Gasteiger partial charge in [-0.2, -0.15) is 0 Å². The highest BCUT2D eigenvalue weighted by Crippen LogP contribution is 1.99. The molecular weight excluding hydrogens is 238 g/mol. The van der Waals surface area contributed by atoms with Crippen LogP contribution in [-0.2, 0) is 4.74 Å². The van der Waals surface area contributed by atoms with Crippen molar-refractivity contribution < 1.29 is 4.74 Å². The molecule has 0 aliphatic heterocycles. The van der Waals surface area contributed by atoms with Gasteiger partial charge in [0.05, 0.1) is 6.61 Å². The Morgan fingerprint density at radius 3 is 2.42 bits per heavy atom. The third-order valence-corrected chi connectivity index (χ3v) is 3.30. The van der Waals surface area contributed by atoms with Crippen molar-refractivity contribution in [2.75, 3.05) is 60.0 Å². The molecule has 0 aliphatic rings. The zero-order chi connectivity index (χ0) is 14.5. The van der Waals surface area contributed by atoms with Gasteiger partial charge in [0.1, 0.15) is 0 Å². The van der Waals surface area contributed by atoms with Crippen LogP contribution in [0.1, 0.15) is 33.6 Å². The summed E-state index contributed by atoms with van der Waals surface area (Å²) >= 11 is 0. The SMILES string of the molecule is CCCCOCCNCCN(CC)C(C)CN(C)C. The summed E-state index contributed by atoms with van der Waals surface area (Å²) < 4.78 is 5.52. The summed E-state index contributed by atoms with van der Waals surface area (Å²) in [6.45, 7) is 13.8. The Bertz CT molecular complexity index is 188. The van der Waals surface area contributed by atoms with E-state index in [-0.39, 0.29) is 0 Å². The second-order valence-corrected chi connectivity index (χ2v) is 5.46. The third-order valence-electron chi connectivity index (χ3n) is 3.30. The van der Waals surface area contributed by atoms with E-state index in [0.717, 1.165) is 45.9 Å². The molecule has 0 aliphatic carbocycles. The van der Waals surface area contributed by atoms with Gasteiger partial charge in [0.2, 0.25) is 0 Å². The zero-order valence-corrected chi connectivity index (χ0v) is 13.7. The van der Waals surface area contributed by atoms with Gasteiger partial charge in [0, 0.05) is 38.8 Å². The van der Waals surface area contributed by atoms with Crippen LogP contribution in [0, 0.1) is 0 Å². The minimum atomic E-state index is 0.614. The third kappa shape index (κ3) is 11.4. The van der Waals surface area contributed by atoms with Crippen LogP contribution in [0.15, 0.2) is 0 Å². The van der Waals surface area contributed by atoms with Crippen LogP contribution < -0.4 is 5.32 Å². The molecule has 4 nitrogen and oxygen atoms in total. The molecule has 0 rings (SSSR count). The standard InChI is InChI=1S/C15H35N3O/c1-6-8-12-19-13-10-16-9-11-18(7-2)15(3)14-17(4)5/h15-16H,6-14H2,1-5H3. The minimum absolute atomic E-state index is 0.614. The lowest BCUT2D eigenvalue weighted by atomic mass is 10.2. The van der Waals surface area contributed by atoms with E-state index in [1.54, 1.807) is 0 Å². The number of ether oxygens (including phenoxy) is 1. The van der Waals surface area contributed by atoms with Gasteiger partial charge in [0.25, 0.3) is 0 Å². The normalized spacial score (nSPS) is 13.4. The van der Waals surface area contributed by atoms with Crippen molar-refractivity contribution in [1.82, 2.24) is 15.1 Å². The molecule has 1 atom stereocenters. The van der Waals surface area contributed by atoms with Gasteiger partial charge < -0.3 is 15.0 Å². The Kier molecular flexibility index (Phi) is 12.7. The van der Waals surface area contributed by atoms with E-state index in [4.69, 9.17) is 4.74 Å². The van der Waals surface area contributed by atoms with Crippen LogP contribution in [0.2, 0.25) is 0 Å². The van der Waals surface area contributed by atoms with E-state index >= 15 is 0 Å². The Labute approximate surface area is 120 Å². The molecular formula is C15H35N3O. The molecule has 0 aromatic carbocycles. The Morgan fingerprint density at radius 2 is 1.84 bits per heavy atom. The van der Waals surface area contributed by atoms with Crippen LogP contribution in [0.3, 0.4) is 0 Å². The summed E-state index contributed by atoms with van der Waals surface area (Å²) in [5.74, 6) is 0. The second kappa shape index (κ2) is 12.9. The van der Waals surface area contributed by atoms with E-state index < -0.39 is 0 Å². The van der Waals surface area contributed by atoms with Gasteiger partial charge in [-0.05, 0) is 34.0 Å². The van der Waals surface area contributed by atoms with Gasteiger partial charge >= 0.3 is 0 Å². The van der Waals surface area contributed by atoms with Crippen molar-refractivity contribution in [3.63, 3.8) is 0 Å². The average molecular weight is 273 g/mol. The molecule has 0 amide bonds. The van der Waals surface area contributed by atoms with E-state index in [1.165, 1.54) is 12.8 Å². The monoisotopic (exact) mass is 273 g/mol. The largest absolute Gasteiger partial charge is 0.380 e. The Balaban J connectivity index is 3.50. The van der Waals surface area contributed by atoms with Gasteiger partial charge in [-0.1, -0.05) is 20.3 Å². The maximum absolute atomic E-state index is 5.52. The van der Waals surface area contributed by atoms with E-state index in [2.05, 4.69) is 50.0 Å². The summed E-state index contributed by atoms with van der Waals surface area (Å²) in [6, 6.07) is 0.614. The zero-order valence-electron chi connectivity index (χ0n) is 13.7.